The number of pyridine rings is 1. The molecule has 0 aliphatic rings. The molecule has 0 saturated carbocycles. The second-order valence-corrected chi connectivity index (χ2v) is 10.8. The van der Waals surface area contributed by atoms with E-state index in [1.807, 2.05) is 0 Å². The molecule has 0 spiro atoms. The van der Waals surface area contributed by atoms with E-state index >= 15 is 0 Å². The summed E-state index contributed by atoms with van der Waals surface area (Å²) in [6.07, 6.45) is 1.21. The third-order valence-corrected chi connectivity index (χ3v) is 4.45. The van der Waals surface area contributed by atoms with Gasteiger partial charge in [-0.05, 0) is 41.4 Å². The Labute approximate surface area is 145 Å². The first-order valence-corrected chi connectivity index (χ1v) is 9.14. The van der Waals surface area contributed by atoms with Gasteiger partial charge in [-0.1, -0.05) is 76.2 Å². The zero-order valence-electron chi connectivity index (χ0n) is 17.5. The molecule has 0 aliphatic heterocycles. The minimum absolute atomic E-state index is 0.0826. The van der Waals surface area contributed by atoms with Crippen molar-refractivity contribution in [2.75, 3.05) is 0 Å². The predicted octanol–water partition coefficient (Wildman–Crippen LogP) is 6.85. The minimum Gasteiger partial charge on any atom is -0.257 e. The fraction of sp³-hybridized carbons (Fsp3) is 0.773. The topological polar surface area (TPSA) is 12.9 Å². The van der Waals surface area contributed by atoms with Crippen LogP contribution in [0.5, 0.6) is 0 Å². The van der Waals surface area contributed by atoms with Crippen molar-refractivity contribution in [3.8, 4) is 0 Å². The highest BCUT2D eigenvalue weighted by atomic mass is 14.8. The SMILES string of the molecule is CC(C)C(CC(C)(C)C)c1cc(C(C)(C)C)nc(C(C)(C)C)c1. The number of nitrogens with zero attached hydrogens (tertiary/aromatic N) is 1. The van der Waals surface area contributed by atoms with E-state index < -0.39 is 0 Å². The van der Waals surface area contributed by atoms with E-state index in [1.165, 1.54) is 23.4 Å². The molecule has 0 amide bonds. The quantitative estimate of drug-likeness (QED) is 0.594. The standard InChI is InChI=1S/C22H39N/c1-15(2)17(14-20(3,4)5)16-12-18(21(6,7)8)23-19(13-16)22(9,10)11/h12-13,15,17H,14H2,1-11H3. The summed E-state index contributed by atoms with van der Waals surface area (Å²) in [5, 5.41) is 0. The van der Waals surface area contributed by atoms with Crippen LogP contribution in [0, 0.1) is 11.3 Å². The van der Waals surface area contributed by atoms with E-state index in [0.717, 1.165) is 0 Å². The molecule has 1 aromatic heterocycles. The molecule has 1 unspecified atom stereocenters. The molecule has 1 aromatic rings. The molecular formula is C22H39N. The Kier molecular flexibility index (Phi) is 5.77. The van der Waals surface area contributed by atoms with Crippen LogP contribution in [0.3, 0.4) is 0 Å². The van der Waals surface area contributed by atoms with Crippen LogP contribution in [0.15, 0.2) is 12.1 Å². The highest BCUT2D eigenvalue weighted by Crippen LogP contribution is 2.38. The van der Waals surface area contributed by atoms with Crippen molar-refractivity contribution in [2.24, 2.45) is 11.3 Å². The van der Waals surface area contributed by atoms with Crippen molar-refractivity contribution in [3.63, 3.8) is 0 Å². The van der Waals surface area contributed by atoms with Gasteiger partial charge in [0.25, 0.3) is 0 Å². The first-order chi connectivity index (χ1) is 10.1. The van der Waals surface area contributed by atoms with Gasteiger partial charge in [0.05, 0.1) is 0 Å². The van der Waals surface area contributed by atoms with Crippen molar-refractivity contribution < 1.29 is 0 Å². The zero-order valence-corrected chi connectivity index (χ0v) is 17.5. The predicted molar refractivity (Wildman–Crippen MR) is 103 cm³/mol. The van der Waals surface area contributed by atoms with Crippen molar-refractivity contribution >= 4 is 0 Å². The van der Waals surface area contributed by atoms with Crippen molar-refractivity contribution in [1.29, 1.82) is 0 Å². The zero-order chi connectivity index (χ0) is 18.2. The molecule has 0 aliphatic carbocycles. The Hall–Kier alpha value is -0.850. The molecule has 1 rings (SSSR count). The Morgan fingerprint density at radius 3 is 1.43 bits per heavy atom. The average Bonchev–Trinajstić information content (AvgIpc) is 2.32. The molecule has 1 atom stereocenters. The molecule has 0 fully saturated rings. The Balaban J connectivity index is 3.48. The third kappa shape index (κ3) is 5.94. The molecule has 23 heavy (non-hydrogen) atoms. The number of hydrogen-bond donors (Lipinski definition) is 0. The van der Waals surface area contributed by atoms with E-state index in [4.69, 9.17) is 4.98 Å². The van der Waals surface area contributed by atoms with Gasteiger partial charge in [0.2, 0.25) is 0 Å². The number of rotatable bonds is 3. The lowest BCUT2D eigenvalue weighted by atomic mass is 9.75. The summed E-state index contributed by atoms with van der Waals surface area (Å²) in [6.45, 7) is 25.3. The van der Waals surface area contributed by atoms with Crippen LogP contribution in [0.4, 0.5) is 0 Å². The van der Waals surface area contributed by atoms with Crippen LogP contribution in [0.25, 0.3) is 0 Å². The lowest BCUT2D eigenvalue weighted by molar-refractivity contribution is 0.300. The largest absolute Gasteiger partial charge is 0.257 e. The molecule has 132 valence electrons. The van der Waals surface area contributed by atoms with Crippen LogP contribution >= 0.6 is 0 Å². The Morgan fingerprint density at radius 2 is 1.17 bits per heavy atom. The van der Waals surface area contributed by atoms with Crippen molar-refractivity contribution in [1.82, 2.24) is 4.98 Å². The Morgan fingerprint density at radius 1 is 0.783 bits per heavy atom. The molecule has 0 aromatic carbocycles. The molecule has 1 heterocycles. The first-order valence-electron chi connectivity index (χ1n) is 9.14. The highest BCUT2D eigenvalue weighted by molar-refractivity contribution is 5.31. The van der Waals surface area contributed by atoms with Gasteiger partial charge in [0.1, 0.15) is 0 Å². The average molecular weight is 318 g/mol. The maximum Gasteiger partial charge on any atom is 0.0463 e. The van der Waals surface area contributed by atoms with Crippen LogP contribution < -0.4 is 0 Å². The molecule has 0 N–H and O–H groups in total. The number of hydrogen-bond acceptors (Lipinski definition) is 1. The highest BCUT2D eigenvalue weighted by Gasteiger charge is 2.28. The lowest BCUT2D eigenvalue weighted by Crippen LogP contribution is -2.23. The summed E-state index contributed by atoms with van der Waals surface area (Å²) in [5.41, 5.74) is 4.42. The molecule has 1 nitrogen and oxygen atoms in total. The van der Waals surface area contributed by atoms with E-state index in [1.54, 1.807) is 0 Å². The van der Waals surface area contributed by atoms with E-state index in [9.17, 15) is 0 Å². The number of aromatic nitrogens is 1. The van der Waals surface area contributed by atoms with Gasteiger partial charge in [-0.25, -0.2) is 0 Å². The fourth-order valence-corrected chi connectivity index (χ4v) is 2.93. The lowest BCUT2D eigenvalue weighted by Gasteiger charge is -2.32. The molecular weight excluding hydrogens is 278 g/mol. The summed E-state index contributed by atoms with van der Waals surface area (Å²) in [7, 11) is 0. The molecule has 0 bridgehead atoms. The van der Waals surface area contributed by atoms with Crippen LogP contribution in [-0.2, 0) is 10.8 Å². The van der Waals surface area contributed by atoms with Gasteiger partial charge in [-0.15, -0.1) is 0 Å². The monoisotopic (exact) mass is 317 g/mol. The van der Waals surface area contributed by atoms with E-state index in [-0.39, 0.29) is 10.8 Å². The van der Waals surface area contributed by atoms with E-state index in [2.05, 4.69) is 88.3 Å². The summed E-state index contributed by atoms with van der Waals surface area (Å²) >= 11 is 0. The van der Waals surface area contributed by atoms with Gasteiger partial charge in [-0.3, -0.25) is 4.98 Å². The van der Waals surface area contributed by atoms with Crippen molar-refractivity contribution in [2.45, 2.75) is 99.3 Å². The maximum absolute atomic E-state index is 5.01. The van der Waals surface area contributed by atoms with E-state index in [0.29, 0.717) is 17.3 Å². The van der Waals surface area contributed by atoms with Crippen LogP contribution in [0.2, 0.25) is 0 Å². The maximum atomic E-state index is 5.01. The van der Waals surface area contributed by atoms with Crippen LogP contribution in [-0.4, -0.2) is 4.98 Å². The minimum atomic E-state index is 0.0826. The van der Waals surface area contributed by atoms with Gasteiger partial charge in [-0.2, -0.15) is 0 Å². The normalized spacial score (nSPS) is 15.1. The molecule has 0 radical (unpaired) electrons. The third-order valence-electron chi connectivity index (χ3n) is 4.45. The summed E-state index contributed by atoms with van der Waals surface area (Å²) in [4.78, 5) is 5.01. The second kappa shape index (κ2) is 6.57. The Bertz CT molecular complexity index is 486. The van der Waals surface area contributed by atoms with Gasteiger partial charge < -0.3 is 0 Å². The smallest absolute Gasteiger partial charge is 0.0463 e. The van der Waals surface area contributed by atoms with Gasteiger partial charge in [0.15, 0.2) is 0 Å². The summed E-state index contributed by atoms with van der Waals surface area (Å²) in [6, 6.07) is 4.73. The summed E-state index contributed by atoms with van der Waals surface area (Å²) < 4.78 is 0. The van der Waals surface area contributed by atoms with Gasteiger partial charge >= 0.3 is 0 Å². The fourth-order valence-electron chi connectivity index (χ4n) is 2.93. The van der Waals surface area contributed by atoms with Crippen molar-refractivity contribution in [3.05, 3.63) is 29.1 Å². The van der Waals surface area contributed by atoms with Crippen LogP contribution in [0.1, 0.15) is 105 Å². The second-order valence-electron chi connectivity index (χ2n) is 10.8. The summed E-state index contributed by atoms with van der Waals surface area (Å²) in [5.74, 6) is 1.22. The molecule has 0 saturated heterocycles. The van der Waals surface area contributed by atoms with Gasteiger partial charge in [0, 0.05) is 22.2 Å². The molecule has 1 heteroatoms. The first kappa shape index (κ1) is 20.2.